The summed E-state index contributed by atoms with van der Waals surface area (Å²) in [6.07, 6.45) is 3.20. The van der Waals surface area contributed by atoms with E-state index in [4.69, 9.17) is 9.84 Å². The standard InChI is InChI=1S/C23H24FN5O5/c1-13(34-17-5-7-20(25-10-17)22(32)14-2-3-14)21-11-27-29(28-21)15-4-6-18(19(24)8-15)23(33)26-9-16(31)12-30/h4-8,10-11,13-14,16,30-31H,2-3,9,12H2,1H3,(H,26,33)/t13-,16+/m1/s1. The van der Waals surface area contributed by atoms with Crippen LogP contribution in [0.3, 0.4) is 0 Å². The number of aliphatic hydroxyl groups is 2. The van der Waals surface area contributed by atoms with Crippen LogP contribution in [0.1, 0.15) is 52.4 Å². The molecule has 0 saturated heterocycles. The summed E-state index contributed by atoms with van der Waals surface area (Å²) in [5.74, 6) is -0.876. The monoisotopic (exact) mass is 469 g/mol. The molecule has 0 radical (unpaired) electrons. The molecule has 2 aromatic heterocycles. The molecule has 0 aliphatic heterocycles. The van der Waals surface area contributed by atoms with Gasteiger partial charge in [-0.25, -0.2) is 9.37 Å². The number of benzene rings is 1. The number of aliphatic hydroxyl groups excluding tert-OH is 2. The lowest BCUT2D eigenvalue weighted by atomic mass is 10.1. The van der Waals surface area contributed by atoms with Crippen LogP contribution in [0, 0.1) is 11.7 Å². The molecule has 11 heteroatoms. The molecule has 2 heterocycles. The summed E-state index contributed by atoms with van der Waals surface area (Å²) in [5.41, 5.74) is 0.997. The summed E-state index contributed by atoms with van der Waals surface area (Å²) >= 11 is 0. The summed E-state index contributed by atoms with van der Waals surface area (Å²) in [7, 11) is 0. The first-order valence-corrected chi connectivity index (χ1v) is 10.8. The van der Waals surface area contributed by atoms with Crippen LogP contribution in [0.15, 0.2) is 42.7 Å². The van der Waals surface area contributed by atoms with Gasteiger partial charge in [-0.1, -0.05) is 0 Å². The third kappa shape index (κ3) is 5.43. The van der Waals surface area contributed by atoms with Crippen molar-refractivity contribution >= 4 is 11.7 Å². The molecule has 178 valence electrons. The van der Waals surface area contributed by atoms with Gasteiger partial charge in [0.25, 0.3) is 5.91 Å². The minimum atomic E-state index is -1.12. The average Bonchev–Trinajstić information content (AvgIpc) is 3.58. The predicted molar refractivity (Wildman–Crippen MR) is 117 cm³/mol. The Morgan fingerprint density at radius 1 is 1.26 bits per heavy atom. The molecule has 34 heavy (non-hydrogen) atoms. The minimum absolute atomic E-state index is 0.0565. The number of nitrogens with zero attached hydrogens (tertiary/aromatic N) is 4. The maximum atomic E-state index is 14.5. The Hall–Kier alpha value is -3.70. The van der Waals surface area contributed by atoms with Gasteiger partial charge in [0.05, 0.1) is 36.4 Å². The van der Waals surface area contributed by atoms with Crippen LogP contribution in [-0.2, 0) is 0 Å². The zero-order chi connectivity index (χ0) is 24.2. The molecule has 0 unspecified atom stereocenters. The number of ether oxygens (including phenoxy) is 1. The Morgan fingerprint density at radius 3 is 2.71 bits per heavy atom. The lowest BCUT2D eigenvalue weighted by molar-refractivity contribution is 0.0799. The van der Waals surface area contributed by atoms with Crippen molar-refractivity contribution in [3.05, 3.63) is 65.5 Å². The maximum Gasteiger partial charge on any atom is 0.254 e. The highest BCUT2D eigenvalue weighted by atomic mass is 19.1. The molecule has 3 aromatic rings. The van der Waals surface area contributed by atoms with E-state index in [9.17, 15) is 19.1 Å². The van der Waals surface area contributed by atoms with E-state index in [0.717, 1.165) is 18.9 Å². The van der Waals surface area contributed by atoms with E-state index in [2.05, 4.69) is 20.5 Å². The Bertz CT molecular complexity index is 1180. The zero-order valence-corrected chi connectivity index (χ0v) is 18.4. The highest BCUT2D eigenvalue weighted by Crippen LogP contribution is 2.32. The van der Waals surface area contributed by atoms with Crippen molar-refractivity contribution in [2.24, 2.45) is 5.92 Å². The molecular formula is C23H24FN5O5. The first-order chi connectivity index (χ1) is 16.4. The number of pyridine rings is 1. The first-order valence-electron chi connectivity index (χ1n) is 10.8. The summed E-state index contributed by atoms with van der Waals surface area (Å²) in [5, 5.41) is 28.9. The molecule has 1 aromatic carbocycles. The minimum Gasteiger partial charge on any atom is -0.483 e. The molecule has 10 nitrogen and oxygen atoms in total. The van der Waals surface area contributed by atoms with Gasteiger partial charge in [-0.15, -0.1) is 5.10 Å². The summed E-state index contributed by atoms with van der Waals surface area (Å²) in [6.45, 7) is 1.05. The molecule has 1 aliphatic carbocycles. The number of carbonyl (C=O) groups excluding carboxylic acids is 2. The highest BCUT2D eigenvalue weighted by Gasteiger charge is 2.31. The topological polar surface area (TPSA) is 139 Å². The second-order valence-electron chi connectivity index (χ2n) is 8.05. The summed E-state index contributed by atoms with van der Waals surface area (Å²) in [4.78, 5) is 29.5. The third-order valence-electron chi connectivity index (χ3n) is 5.31. The van der Waals surface area contributed by atoms with Gasteiger partial charge in [0.15, 0.2) is 5.78 Å². The molecule has 0 spiro atoms. The quantitative estimate of drug-likeness (QED) is 0.381. The largest absolute Gasteiger partial charge is 0.483 e. The van der Waals surface area contributed by atoms with Gasteiger partial charge in [0.1, 0.15) is 29.1 Å². The van der Waals surface area contributed by atoms with Crippen LogP contribution in [0.4, 0.5) is 4.39 Å². The normalized spacial score (nSPS) is 14.9. The van der Waals surface area contributed by atoms with E-state index >= 15 is 0 Å². The molecule has 4 rings (SSSR count). The van der Waals surface area contributed by atoms with Crippen LogP contribution in [0.2, 0.25) is 0 Å². The Balaban J connectivity index is 1.39. The fourth-order valence-corrected chi connectivity index (χ4v) is 3.18. The number of Topliss-reactive ketones (excluding diaryl/α,β-unsaturated/α-hetero) is 1. The zero-order valence-electron chi connectivity index (χ0n) is 18.4. The van der Waals surface area contributed by atoms with Gasteiger partial charge >= 0.3 is 0 Å². The molecule has 2 atom stereocenters. The van der Waals surface area contributed by atoms with E-state index in [1.165, 1.54) is 29.3 Å². The van der Waals surface area contributed by atoms with Crippen molar-refractivity contribution in [1.29, 1.82) is 0 Å². The van der Waals surface area contributed by atoms with Gasteiger partial charge in [-0.05, 0) is 44.0 Å². The van der Waals surface area contributed by atoms with E-state index in [1.54, 1.807) is 19.1 Å². The molecule has 1 fully saturated rings. The molecule has 3 N–H and O–H groups in total. The SMILES string of the molecule is C[C@@H](Oc1ccc(C(=O)C2CC2)nc1)c1cnn(-c2ccc(C(=O)NC[C@H](O)CO)c(F)c2)n1. The van der Waals surface area contributed by atoms with E-state index in [-0.39, 0.29) is 23.8 Å². The van der Waals surface area contributed by atoms with E-state index in [0.29, 0.717) is 22.8 Å². The summed E-state index contributed by atoms with van der Waals surface area (Å²) < 4.78 is 20.3. The second kappa shape index (κ2) is 10.1. The van der Waals surface area contributed by atoms with E-state index in [1.807, 2.05) is 0 Å². The van der Waals surface area contributed by atoms with Crippen LogP contribution in [0.5, 0.6) is 5.75 Å². The molecule has 1 amide bonds. The van der Waals surface area contributed by atoms with Crippen molar-refractivity contribution in [1.82, 2.24) is 25.3 Å². The fourth-order valence-electron chi connectivity index (χ4n) is 3.18. The number of rotatable bonds is 10. The van der Waals surface area contributed by atoms with Crippen LogP contribution in [-0.4, -0.2) is 61.1 Å². The lowest BCUT2D eigenvalue weighted by Crippen LogP contribution is -2.34. The fraction of sp³-hybridized carbons (Fsp3) is 0.348. The van der Waals surface area contributed by atoms with Crippen molar-refractivity contribution in [2.75, 3.05) is 13.2 Å². The average molecular weight is 469 g/mol. The van der Waals surface area contributed by atoms with Gasteiger partial charge in [0.2, 0.25) is 0 Å². The van der Waals surface area contributed by atoms with Crippen molar-refractivity contribution < 1.29 is 28.9 Å². The number of halogens is 1. The second-order valence-corrected chi connectivity index (χ2v) is 8.05. The number of carbonyl (C=O) groups is 2. The number of amides is 1. The van der Waals surface area contributed by atoms with Crippen molar-refractivity contribution in [2.45, 2.75) is 32.0 Å². The van der Waals surface area contributed by atoms with Crippen molar-refractivity contribution in [3.63, 3.8) is 0 Å². The van der Waals surface area contributed by atoms with Gasteiger partial charge in [-0.3, -0.25) is 9.59 Å². The van der Waals surface area contributed by atoms with Gasteiger partial charge < -0.3 is 20.3 Å². The number of nitrogens with one attached hydrogen (secondary N) is 1. The highest BCUT2D eigenvalue weighted by molar-refractivity contribution is 5.97. The predicted octanol–water partition coefficient (Wildman–Crippen LogP) is 1.62. The third-order valence-corrected chi connectivity index (χ3v) is 5.31. The van der Waals surface area contributed by atoms with Crippen LogP contribution in [0.25, 0.3) is 5.69 Å². The van der Waals surface area contributed by atoms with Crippen LogP contribution < -0.4 is 10.1 Å². The summed E-state index contributed by atoms with van der Waals surface area (Å²) in [6, 6.07) is 7.21. The van der Waals surface area contributed by atoms with Gasteiger partial charge in [0, 0.05) is 18.5 Å². The van der Waals surface area contributed by atoms with E-state index < -0.39 is 30.5 Å². The van der Waals surface area contributed by atoms with Crippen LogP contribution >= 0.6 is 0 Å². The lowest BCUT2D eigenvalue weighted by Gasteiger charge is -2.12. The van der Waals surface area contributed by atoms with Gasteiger partial charge in [-0.2, -0.15) is 9.90 Å². The van der Waals surface area contributed by atoms with Crippen molar-refractivity contribution in [3.8, 4) is 11.4 Å². The maximum absolute atomic E-state index is 14.5. The Kier molecular flexibility index (Phi) is 6.94. The number of hydrogen-bond donors (Lipinski definition) is 3. The molecule has 1 aliphatic rings. The number of hydrogen-bond acceptors (Lipinski definition) is 8. The molecular weight excluding hydrogens is 445 g/mol. The molecule has 0 bridgehead atoms. The number of ketones is 1. The smallest absolute Gasteiger partial charge is 0.254 e. The Labute approximate surface area is 194 Å². The first kappa shape index (κ1) is 23.5. The number of aromatic nitrogens is 4. The molecule has 1 saturated carbocycles. The Morgan fingerprint density at radius 2 is 2.06 bits per heavy atom.